The Kier molecular flexibility index (Phi) is 11.9. The van der Waals surface area contributed by atoms with Gasteiger partial charge in [-0.15, -0.1) is 0 Å². The summed E-state index contributed by atoms with van der Waals surface area (Å²) in [6, 6.07) is 0. The van der Waals surface area contributed by atoms with Crippen molar-refractivity contribution in [1.29, 1.82) is 0 Å². The molecular weight excluding hydrogens is 190 g/mol. The maximum atomic E-state index is 9.33. The van der Waals surface area contributed by atoms with Gasteiger partial charge in [0.05, 0.1) is 12.7 Å². The van der Waals surface area contributed by atoms with Gasteiger partial charge < -0.3 is 15.2 Å². The smallest absolute Gasteiger partial charge is 0.0897 e. The topological polar surface area (TPSA) is 41.5 Å². The third-order valence-corrected chi connectivity index (χ3v) is 2.45. The predicted molar refractivity (Wildman–Crippen MR) is 64.1 cm³/mol. The summed E-state index contributed by atoms with van der Waals surface area (Å²) in [7, 11) is 1.61. The molecule has 0 spiro atoms. The Morgan fingerprint density at radius 2 is 1.80 bits per heavy atom. The second-order valence-electron chi connectivity index (χ2n) is 4.08. The van der Waals surface area contributed by atoms with E-state index in [1.807, 2.05) is 0 Å². The normalized spacial score (nSPS) is 13.0. The van der Waals surface area contributed by atoms with Crippen molar-refractivity contribution >= 4 is 0 Å². The van der Waals surface area contributed by atoms with Gasteiger partial charge in [0.15, 0.2) is 0 Å². The zero-order chi connectivity index (χ0) is 11.4. The van der Waals surface area contributed by atoms with Crippen molar-refractivity contribution in [2.75, 3.05) is 26.8 Å². The van der Waals surface area contributed by atoms with E-state index in [0.717, 1.165) is 6.54 Å². The van der Waals surface area contributed by atoms with Crippen molar-refractivity contribution in [3.63, 3.8) is 0 Å². The summed E-state index contributed by atoms with van der Waals surface area (Å²) in [4.78, 5) is 0. The standard InChI is InChI=1S/C12H27NO2/c1-3-4-5-6-7-8-9-13-10-12(14)11-15-2/h12-14H,3-11H2,1-2H3. The van der Waals surface area contributed by atoms with Crippen LogP contribution in [0.1, 0.15) is 45.4 Å². The maximum absolute atomic E-state index is 9.33. The van der Waals surface area contributed by atoms with Crippen LogP contribution in [0.3, 0.4) is 0 Å². The minimum Gasteiger partial charge on any atom is -0.389 e. The summed E-state index contributed by atoms with van der Waals surface area (Å²) >= 11 is 0. The lowest BCUT2D eigenvalue weighted by Gasteiger charge is -2.10. The third-order valence-electron chi connectivity index (χ3n) is 2.45. The highest BCUT2D eigenvalue weighted by molar-refractivity contribution is 4.58. The molecule has 0 aliphatic heterocycles. The first-order valence-electron chi connectivity index (χ1n) is 6.19. The maximum Gasteiger partial charge on any atom is 0.0897 e. The van der Waals surface area contributed by atoms with E-state index in [9.17, 15) is 5.11 Å². The molecular formula is C12H27NO2. The Hall–Kier alpha value is -0.120. The zero-order valence-electron chi connectivity index (χ0n) is 10.3. The predicted octanol–water partition coefficient (Wildman–Crippen LogP) is 1.94. The van der Waals surface area contributed by atoms with Crippen molar-refractivity contribution in [1.82, 2.24) is 5.32 Å². The second kappa shape index (κ2) is 12.0. The fourth-order valence-corrected chi connectivity index (χ4v) is 1.55. The van der Waals surface area contributed by atoms with E-state index in [1.54, 1.807) is 7.11 Å². The Labute approximate surface area is 94.2 Å². The quantitative estimate of drug-likeness (QED) is 0.520. The highest BCUT2D eigenvalue weighted by Crippen LogP contribution is 2.03. The molecule has 0 amide bonds. The van der Waals surface area contributed by atoms with Gasteiger partial charge in [0.2, 0.25) is 0 Å². The molecule has 0 aromatic rings. The van der Waals surface area contributed by atoms with Crippen LogP contribution in [0.4, 0.5) is 0 Å². The Morgan fingerprint density at radius 1 is 1.13 bits per heavy atom. The number of nitrogens with one attached hydrogen (secondary N) is 1. The molecule has 0 bridgehead atoms. The zero-order valence-corrected chi connectivity index (χ0v) is 10.3. The summed E-state index contributed by atoms with van der Waals surface area (Å²) < 4.78 is 4.84. The first kappa shape index (κ1) is 14.9. The van der Waals surface area contributed by atoms with Crippen molar-refractivity contribution in [2.45, 2.75) is 51.6 Å². The monoisotopic (exact) mass is 217 g/mol. The van der Waals surface area contributed by atoms with E-state index >= 15 is 0 Å². The molecule has 0 aliphatic rings. The lowest BCUT2D eigenvalue weighted by Crippen LogP contribution is -2.30. The molecule has 0 heterocycles. The van der Waals surface area contributed by atoms with E-state index in [1.165, 1.54) is 38.5 Å². The van der Waals surface area contributed by atoms with Gasteiger partial charge in [0.25, 0.3) is 0 Å². The number of ether oxygens (including phenoxy) is 1. The molecule has 2 N–H and O–H groups in total. The summed E-state index contributed by atoms with van der Waals surface area (Å²) in [5.41, 5.74) is 0. The molecule has 0 saturated heterocycles. The van der Waals surface area contributed by atoms with Gasteiger partial charge in [-0.25, -0.2) is 0 Å². The molecule has 92 valence electrons. The van der Waals surface area contributed by atoms with Crippen LogP contribution in [0.2, 0.25) is 0 Å². The van der Waals surface area contributed by atoms with Crippen LogP contribution >= 0.6 is 0 Å². The number of methoxy groups -OCH3 is 1. The van der Waals surface area contributed by atoms with Crippen molar-refractivity contribution < 1.29 is 9.84 Å². The van der Waals surface area contributed by atoms with E-state index in [0.29, 0.717) is 13.2 Å². The van der Waals surface area contributed by atoms with Gasteiger partial charge in [-0.3, -0.25) is 0 Å². The molecule has 0 fully saturated rings. The van der Waals surface area contributed by atoms with Crippen LogP contribution in [0, 0.1) is 0 Å². The number of aliphatic hydroxyl groups is 1. The van der Waals surface area contributed by atoms with Crippen LogP contribution in [0.5, 0.6) is 0 Å². The molecule has 1 unspecified atom stereocenters. The Bertz CT molecular complexity index is 120. The van der Waals surface area contributed by atoms with Gasteiger partial charge in [0, 0.05) is 13.7 Å². The molecule has 0 aliphatic carbocycles. The molecule has 0 aromatic carbocycles. The van der Waals surface area contributed by atoms with E-state index in [-0.39, 0.29) is 6.10 Å². The van der Waals surface area contributed by atoms with E-state index < -0.39 is 0 Å². The minimum atomic E-state index is -0.366. The molecule has 0 radical (unpaired) electrons. The number of aliphatic hydroxyl groups excluding tert-OH is 1. The molecule has 0 rings (SSSR count). The van der Waals surface area contributed by atoms with Crippen LogP contribution in [-0.2, 0) is 4.74 Å². The van der Waals surface area contributed by atoms with Gasteiger partial charge >= 0.3 is 0 Å². The average Bonchev–Trinajstić information content (AvgIpc) is 2.22. The molecule has 15 heavy (non-hydrogen) atoms. The van der Waals surface area contributed by atoms with E-state index in [2.05, 4.69) is 12.2 Å². The lowest BCUT2D eigenvalue weighted by atomic mass is 10.1. The van der Waals surface area contributed by atoms with Gasteiger partial charge in [-0.2, -0.15) is 0 Å². The SMILES string of the molecule is CCCCCCCCNCC(O)COC. The molecule has 0 saturated carbocycles. The van der Waals surface area contributed by atoms with Crippen LogP contribution < -0.4 is 5.32 Å². The fourth-order valence-electron chi connectivity index (χ4n) is 1.55. The summed E-state index contributed by atoms with van der Waals surface area (Å²) in [5.74, 6) is 0. The Balaban J connectivity index is 2.98. The Morgan fingerprint density at radius 3 is 2.47 bits per heavy atom. The highest BCUT2D eigenvalue weighted by atomic mass is 16.5. The van der Waals surface area contributed by atoms with Gasteiger partial charge in [-0.05, 0) is 13.0 Å². The summed E-state index contributed by atoms with van der Waals surface area (Å²) in [5, 5.41) is 12.6. The first-order valence-corrected chi connectivity index (χ1v) is 6.19. The second-order valence-corrected chi connectivity index (χ2v) is 4.08. The van der Waals surface area contributed by atoms with Gasteiger partial charge in [-0.1, -0.05) is 39.0 Å². The number of unbranched alkanes of at least 4 members (excludes halogenated alkanes) is 5. The summed E-state index contributed by atoms with van der Waals surface area (Å²) in [6.45, 7) is 4.30. The van der Waals surface area contributed by atoms with Crippen LogP contribution in [-0.4, -0.2) is 38.0 Å². The lowest BCUT2D eigenvalue weighted by molar-refractivity contribution is 0.0646. The van der Waals surface area contributed by atoms with E-state index in [4.69, 9.17) is 4.74 Å². The minimum absolute atomic E-state index is 0.366. The third kappa shape index (κ3) is 11.8. The number of hydrogen-bond donors (Lipinski definition) is 2. The fraction of sp³-hybridized carbons (Fsp3) is 1.00. The number of hydrogen-bond acceptors (Lipinski definition) is 3. The van der Waals surface area contributed by atoms with Crippen molar-refractivity contribution in [3.8, 4) is 0 Å². The van der Waals surface area contributed by atoms with Crippen molar-refractivity contribution in [3.05, 3.63) is 0 Å². The molecule has 1 atom stereocenters. The first-order chi connectivity index (χ1) is 7.31. The highest BCUT2D eigenvalue weighted by Gasteiger charge is 2.00. The molecule has 3 heteroatoms. The van der Waals surface area contributed by atoms with Crippen LogP contribution in [0.25, 0.3) is 0 Å². The molecule has 3 nitrogen and oxygen atoms in total. The largest absolute Gasteiger partial charge is 0.389 e. The summed E-state index contributed by atoms with van der Waals surface area (Å²) in [6.07, 6.45) is 7.52. The van der Waals surface area contributed by atoms with Gasteiger partial charge in [0.1, 0.15) is 0 Å². The van der Waals surface area contributed by atoms with Crippen molar-refractivity contribution in [2.24, 2.45) is 0 Å². The average molecular weight is 217 g/mol. The molecule has 0 aromatic heterocycles. The number of rotatable bonds is 11. The van der Waals surface area contributed by atoms with Crippen LogP contribution in [0.15, 0.2) is 0 Å².